The molecule has 2 saturated carbocycles. The van der Waals surface area contributed by atoms with Gasteiger partial charge in [0.1, 0.15) is 10.6 Å². The fourth-order valence-corrected chi connectivity index (χ4v) is 9.60. The molecule has 0 spiro atoms. The van der Waals surface area contributed by atoms with Crippen molar-refractivity contribution in [3.05, 3.63) is 64.7 Å². The van der Waals surface area contributed by atoms with Crippen LogP contribution >= 0.6 is 0 Å². The van der Waals surface area contributed by atoms with Crippen molar-refractivity contribution in [3.8, 4) is 5.75 Å². The molecule has 0 heterocycles. The Morgan fingerprint density at radius 2 is 1.36 bits per heavy atom. The number of rotatable bonds is 6. The predicted molar refractivity (Wildman–Crippen MR) is 152 cm³/mol. The van der Waals surface area contributed by atoms with Gasteiger partial charge in [-0.15, -0.1) is 0 Å². The van der Waals surface area contributed by atoms with Crippen LogP contribution in [0.4, 0.5) is 0 Å². The largest absolute Gasteiger partial charge is 0.379 e. The van der Waals surface area contributed by atoms with Crippen LogP contribution in [0.2, 0.25) is 0 Å². The molecule has 0 unspecified atom stereocenters. The topological polar surface area (TPSA) is 97.7 Å². The average Bonchev–Trinajstić information content (AvgIpc) is 3.43. The Bertz CT molecular complexity index is 1610. The molecule has 0 bridgehead atoms. The van der Waals surface area contributed by atoms with Crippen molar-refractivity contribution in [1.82, 2.24) is 0 Å². The molecule has 6 rings (SSSR count). The van der Waals surface area contributed by atoms with Gasteiger partial charge in [-0.05, 0) is 102 Å². The van der Waals surface area contributed by atoms with Gasteiger partial charge in [-0.25, -0.2) is 0 Å². The van der Waals surface area contributed by atoms with E-state index in [4.69, 9.17) is 4.18 Å². The molecule has 1 N–H and O–H groups in total. The van der Waals surface area contributed by atoms with Gasteiger partial charge in [0.25, 0.3) is 10.1 Å². The Balaban J connectivity index is 1.55. The van der Waals surface area contributed by atoms with E-state index in [-0.39, 0.29) is 22.5 Å². The zero-order valence-electron chi connectivity index (χ0n) is 22.2. The molecule has 0 amide bonds. The highest BCUT2D eigenvalue weighted by Gasteiger charge is 2.35. The zero-order valence-corrected chi connectivity index (χ0v) is 23.8. The summed E-state index contributed by atoms with van der Waals surface area (Å²) in [5.74, 6) is 0.479. The monoisotopic (exact) mass is 568 g/mol. The van der Waals surface area contributed by atoms with Crippen LogP contribution in [0.15, 0.2) is 52.3 Å². The summed E-state index contributed by atoms with van der Waals surface area (Å²) in [6.07, 6.45) is 12.1. The summed E-state index contributed by atoms with van der Waals surface area (Å²) in [5, 5.41) is 2.06. The highest BCUT2D eigenvalue weighted by molar-refractivity contribution is 7.87. The lowest BCUT2D eigenvalue weighted by Gasteiger charge is -2.30. The van der Waals surface area contributed by atoms with Crippen LogP contribution in [0.1, 0.15) is 105 Å². The van der Waals surface area contributed by atoms with Crippen LogP contribution < -0.4 is 4.18 Å². The van der Waals surface area contributed by atoms with Crippen LogP contribution in [0, 0.1) is 0 Å². The fourth-order valence-electron chi connectivity index (χ4n) is 7.29. The SMILES string of the molecule is O=S(=O)(O)c1ccc(OS(=O)(=O)c2c(C3CCCCC3)cc3ccccc3c2C2CCCCC2)c2c1CCC2. The van der Waals surface area contributed by atoms with Crippen molar-refractivity contribution in [2.75, 3.05) is 0 Å². The summed E-state index contributed by atoms with van der Waals surface area (Å²) in [7, 11) is -8.66. The molecule has 0 aliphatic heterocycles. The van der Waals surface area contributed by atoms with Crippen molar-refractivity contribution in [3.63, 3.8) is 0 Å². The molecule has 3 aliphatic rings. The normalized spacial score (nSPS) is 19.3. The Labute approximate surface area is 231 Å². The molecule has 2 fully saturated rings. The first-order chi connectivity index (χ1) is 18.7. The molecule has 6 nitrogen and oxygen atoms in total. The van der Waals surface area contributed by atoms with Crippen LogP contribution in [0.5, 0.6) is 5.75 Å². The van der Waals surface area contributed by atoms with Gasteiger partial charge in [0.05, 0.1) is 4.90 Å². The molecule has 0 aromatic heterocycles. The Kier molecular flexibility index (Phi) is 7.23. The number of hydrogen-bond donors (Lipinski definition) is 1. The molecule has 39 heavy (non-hydrogen) atoms. The van der Waals surface area contributed by atoms with E-state index >= 15 is 0 Å². The van der Waals surface area contributed by atoms with Gasteiger partial charge in [-0.3, -0.25) is 4.55 Å². The quantitative estimate of drug-likeness (QED) is 0.245. The molecule has 3 aromatic carbocycles. The Hall–Kier alpha value is -2.42. The third kappa shape index (κ3) is 5.11. The number of hydrogen-bond acceptors (Lipinski definition) is 5. The standard InChI is InChI=1S/C31H36O6S2/c32-38(33,34)29-19-18-28(25-16-9-17-26(25)29)37-39(35,36)31-27(21-10-3-1-4-11-21)20-23-14-7-8-15-24(23)30(31)22-12-5-2-6-13-22/h7-8,14-15,18-22H,1-6,9-13,16-17H2,(H,32,33,34). The van der Waals surface area contributed by atoms with Crippen LogP contribution in [0.3, 0.4) is 0 Å². The molecule has 8 heteroatoms. The zero-order chi connectivity index (χ0) is 27.2. The minimum Gasteiger partial charge on any atom is -0.379 e. The van der Waals surface area contributed by atoms with Crippen LogP contribution in [0.25, 0.3) is 10.8 Å². The van der Waals surface area contributed by atoms with Crippen molar-refractivity contribution in [2.45, 2.75) is 105 Å². The lowest BCUT2D eigenvalue weighted by molar-refractivity contribution is 0.421. The average molecular weight is 569 g/mol. The van der Waals surface area contributed by atoms with Gasteiger partial charge in [0.2, 0.25) is 0 Å². The highest BCUT2D eigenvalue weighted by atomic mass is 32.2. The summed E-state index contributed by atoms with van der Waals surface area (Å²) in [4.78, 5) is 0.182. The maximum Gasteiger partial charge on any atom is 0.339 e. The van der Waals surface area contributed by atoms with E-state index < -0.39 is 20.2 Å². The second kappa shape index (κ2) is 10.5. The van der Waals surface area contributed by atoms with Crippen LogP contribution in [-0.2, 0) is 33.1 Å². The van der Waals surface area contributed by atoms with Crippen molar-refractivity contribution in [2.24, 2.45) is 0 Å². The first kappa shape index (κ1) is 26.8. The molecule has 0 radical (unpaired) electrons. The smallest absolute Gasteiger partial charge is 0.339 e. The fraction of sp³-hybridized carbons (Fsp3) is 0.484. The highest BCUT2D eigenvalue weighted by Crippen LogP contribution is 2.47. The van der Waals surface area contributed by atoms with Crippen molar-refractivity contribution in [1.29, 1.82) is 0 Å². The van der Waals surface area contributed by atoms with E-state index in [1.54, 1.807) is 0 Å². The first-order valence-corrected chi connectivity index (χ1v) is 17.2. The van der Waals surface area contributed by atoms with Gasteiger partial charge < -0.3 is 4.18 Å². The Morgan fingerprint density at radius 1 is 0.718 bits per heavy atom. The van der Waals surface area contributed by atoms with Gasteiger partial charge in [-0.2, -0.15) is 16.8 Å². The summed E-state index contributed by atoms with van der Waals surface area (Å²) < 4.78 is 68.6. The summed E-state index contributed by atoms with van der Waals surface area (Å²) >= 11 is 0. The minimum atomic E-state index is -4.41. The first-order valence-electron chi connectivity index (χ1n) is 14.4. The summed E-state index contributed by atoms with van der Waals surface area (Å²) in [6, 6.07) is 12.9. The number of fused-ring (bicyclic) bond motifs is 2. The second-order valence-electron chi connectivity index (χ2n) is 11.5. The lowest BCUT2D eigenvalue weighted by Crippen LogP contribution is -2.21. The van der Waals surface area contributed by atoms with E-state index in [1.807, 2.05) is 18.2 Å². The summed E-state index contributed by atoms with van der Waals surface area (Å²) in [5.41, 5.74) is 2.80. The lowest BCUT2D eigenvalue weighted by atomic mass is 9.78. The molecule has 3 aliphatic carbocycles. The maximum atomic E-state index is 14.5. The minimum absolute atomic E-state index is 0.146. The van der Waals surface area contributed by atoms with Crippen LogP contribution in [-0.4, -0.2) is 21.4 Å². The van der Waals surface area contributed by atoms with E-state index in [9.17, 15) is 21.4 Å². The van der Waals surface area contributed by atoms with Crippen molar-refractivity contribution >= 4 is 31.0 Å². The molecule has 0 saturated heterocycles. The molecular weight excluding hydrogens is 532 g/mol. The van der Waals surface area contributed by atoms with Gasteiger partial charge in [0, 0.05) is 5.56 Å². The number of benzene rings is 3. The van der Waals surface area contributed by atoms with Gasteiger partial charge in [-0.1, -0.05) is 62.8 Å². The molecule has 208 valence electrons. The maximum absolute atomic E-state index is 14.5. The Morgan fingerprint density at radius 3 is 2.05 bits per heavy atom. The van der Waals surface area contributed by atoms with Gasteiger partial charge >= 0.3 is 10.1 Å². The van der Waals surface area contributed by atoms with E-state index in [1.165, 1.54) is 25.0 Å². The second-order valence-corrected chi connectivity index (χ2v) is 14.4. The van der Waals surface area contributed by atoms with Crippen molar-refractivity contribution < 1.29 is 25.6 Å². The predicted octanol–water partition coefficient (Wildman–Crippen LogP) is 7.44. The van der Waals surface area contributed by atoms with Gasteiger partial charge in [0.15, 0.2) is 0 Å². The molecule has 0 atom stereocenters. The van der Waals surface area contributed by atoms with E-state index in [0.717, 1.165) is 73.3 Å². The van der Waals surface area contributed by atoms with E-state index in [0.29, 0.717) is 35.3 Å². The van der Waals surface area contributed by atoms with E-state index in [2.05, 4.69) is 12.1 Å². The third-order valence-corrected chi connectivity index (χ3v) is 11.3. The molecular formula is C31H36O6S2. The third-order valence-electron chi connectivity index (χ3n) is 9.05. The molecule has 3 aromatic rings. The summed E-state index contributed by atoms with van der Waals surface area (Å²) in [6.45, 7) is 0.